The highest BCUT2D eigenvalue weighted by Crippen LogP contribution is 2.28. The van der Waals surface area contributed by atoms with E-state index < -0.39 is 24.1 Å². The minimum Gasteiger partial charge on any atom is -0.394 e. The summed E-state index contributed by atoms with van der Waals surface area (Å²) in [5.41, 5.74) is 10.4. The summed E-state index contributed by atoms with van der Waals surface area (Å²) >= 11 is 0. The first kappa shape index (κ1) is 11.8. The molecule has 0 spiro atoms. The average Bonchev–Trinajstić information content (AvgIpc) is 2.57. The molecule has 1 saturated heterocycles. The molecule has 0 saturated carbocycles. The molecule has 0 aromatic carbocycles. The highest BCUT2D eigenvalue weighted by atomic mass is 16.5. The van der Waals surface area contributed by atoms with Crippen molar-refractivity contribution in [3.05, 3.63) is 16.6 Å². The number of anilines is 2. The van der Waals surface area contributed by atoms with E-state index >= 15 is 0 Å². The smallest absolute Gasteiger partial charge is 0.353 e. The number of nitrogen functional groups attached to an aromatic ring is 2. The van der Waals surface area contributed by atoms with Gasteiger partial charge in [-0.1, -0.05) is 0 Å². The summed E-state index contributed by atoms with van der Waals surface area (Å²) in [5.74, 6) is 0.138. The maximum atomic E-state index is 11.6. The number of hydrogen-bond acceptors (Lipinski definition) is 7. The molecular formula is C9H14N4O4. The van der Waals surface area contributed by atoms with Gasteiger partial charge in [0.15, 0.2) is 0 Å². The van der Waals surface area contributed by atoms with Crippen molar-refractivity contribution in [1.82, 2.24) is 9.55 Å². The molecule has 1 fully saturated rings. The number of nitrogens with zero attached hydrogens (tertiary/aromatic N) is 2. The Labute approximate surface area is 96.4 Å². The first-order chi connectivity index (χ1) is 8.02. The van der Waals surface area contributed by atoms with Crippen molar-refractivity contribution in [3.8, 4) is 0 Å². The van der Waals surface area contributed by atoms with E-state index in [0.29, 0.717) is 0 Å². The van der Waals surface area contributed by atoms with Gasteiger partial charge < -0.3 is 26.4 Å². The SMILES string of the molecule is Nc1cc(N)n([C@H]2C[C@H](O)[C@@H](CO)O2)c(=O)n1. The molecule has 8 heteroatoms. The van der Waals surface area contributed by atoms with Gasteiger partial charge in [0, 0.05) is 12.5 Å². The van der Waals surface area contributed by atoms with Crippen LogP contribution in [0.25, 0.3) is 0 Å². The Morgan fingerprint density at radius 2 is 2.29 bits per heavy atom. The number of aliphatic hydroxyl groups excluding tert-OH is 2. The molecule has 2 heterocycles. The molecule has 94 valence electrons. The first-order valence-electron chi connectivity index (χ1n) is 5.12. The van der Waals surface area contributed by atoms with Crippen molar-refractivity contribution in [3.63, 3.8) is 0 Å². The van der Waals surface area contributed by atoms with E-state index in [9.17, 15) is 9.90 Å². The molecule has 17 heavy (non-hydrogen) atoms. The number of nitrogens with two attached hydrogens (primary N) is 2. The van der Waals surface area contributed by atoms with E-state index in [-0.39, 0.29) is 24.7 Å². The van der Waals surface area contributed by atoms with Crippen molar-refractivity contribution in [2.24, 2.45) is 0 Å². The van der Waals surface area contributed by atoms with Crippen LogP contribution in [0.2, 0.25) is 0 Å². The lowest BCUT2D eigenvalue weighted by atomic mass is 10.2. The second-order valence-corrected chi connectivity index (χ2v) is 3.87. The fourth-order valence-corrected chi connectivity index (χ4v) is 1.85. The van der Waals surface area contributed by atoms with Crippen molar-refractivity contribution >= 4 is 11.6 Å². The predicted molar refractivity (Wildman–Crippen MR) is 58.9 cm³/mol. The van der Waals surface area contributed by atoms with Crippen LogP contribution in [0.1, 0.15) is 12.6 Å². The zero-order valence-corrected chi connectivity index (χ0v) is 8.98. The molecule has 0 amide bonds. The number of hydrogen-bond donors (Lipinski definition) is 4. The van der Waals surface area contributed by atoms with Crippen LogP contribution < -0.4 is 17.2 Å². The molecule has 1 aliphatic heterocycles. The monoisotopic (exact) mass is 242 g/mol. The number of aliphatic hydroxyl groups is 2. The van der Waals surface area contributed by atoms with E-state index in [2.05, 4.69) is 4.98 Å². The molecule has 1 aromatic rings. The van der Waals surface area contributed by atoms with Gasteiger partial charge in [0.05, 0.1) is 12.7 Å². The van der Waals surface area contributed by atoms with E-state index in [0.717, 1.165) is 4.57 Å². The van der Waals surface area contributed by atoms with Crippen molar-refractivity contribution in [2.45, 2.75) is 24.9 Å². The average molecular weight is 242 g/mol. The molecule has 0 radical (unpaired) electrons. The Balaban J connectivity index is 2.34. The maximum absolute atomic E-state index is 11.6. The van der Waals surface area contributed by atoms with Crippen LogP contribution in [0.15, 0.2) is 10.9 Å². The maximum Gasteiger partial charge on any atom is 0.353 e. The third-order valence-electron chi connectivity index (χ3n) is 2.68. The van der Waals surface area contributed by atoms with E-state index in [1.807, 2.05) is 0 Å². The van der Waals surface area contributed by atoms with Gasteiger partial charge in [-0.2, -0.15) is 4.98 Å². The lowest BCUT2D eigenvalue weighted by Gasteiger charge is -2.16. The second-order valence-electron chi connectivity index (χ2n) is 3.87. The molecule has 8 nitrogen and oxygen atoms in total. The van der Waals surface area contributed by atoms with Gasteiger partial charge >= 0.3 is 5.69 Å². The van der Waals surface area contributed by atoms with Crippen molar-refractivity contribution in [1.29, 1.82) is 0 Å². The van der Waals surface area contributed by atoms with Crippen LogP contribution in [0.4, 0.5) is 11.6 Å². The van der Waals surface area contributed by atoms with E-state index in [4.69, 9.17) is 21.3 Å². The van der Waals surface area contributed by atoms with Crippen LogP contribution in [0.5, 0.6) is 0 Å². The predicted octanol–water partition coefficient (Wildman–Crippen LogP) is -1.95. The van der Waals surface area contributed by atoms with Gasteiger partial charge in [-0.05, 0) is 0 Å². The van der Waals surface area contributed by atoms with Gasteiger partial charge in [0.2, 0.25) is 0 Å². The lowest BCUT2D eigenvalue weighted by Crippen LogP contribution is -2.30. The summed E-state index contributed by atoms with van der Waals surface area (Å²) in [7, 11) is 0. The van der Waals surface area contributed by atoms with Gasteiger partial charge in [-0.15, -0.1) is 0 Å². The third-order valence-corrected chi connectivity index (χ3v) is 2.68. The molecule has 0 aliphatic carbocycles. The molecule has 0 unspecified atom stereocenters. The topological polar surface area (TPSA) is 137 Å². The van der Waals surface area contributed by atoms with Crippen LogP contribution in [0.3, 0.4) is 0 Å². The number of rotatable bonds is 2. The fraction of sp³-hybridized carbons (Fsp3) is 0.556. The lowest BCUT2D eigenvalue weighted by molar-refractivity contribution is -0.0450. The summed E-state index contributed by atoms with van der Waals surface area (Å²) in [4.78, 5) is 15.2. The molecule has 0 bridgehead atoms. The molecule has 3 atom stereocenters. The second kappa shape index (κ2) is 4.32. The van der Waals surface area contributed by atoms with E-state index in [1.165, 1.54) is 6.07 Å². The number of aromatic nitrogens is 2. The summed E-state index contributed by atoms with van der Waals surface area (Å²) < 4.78 is 6.42. The third kappa shape index (κ3) is 2.09. The molecule has 1 aliphatic rings. The molecule has 2 rings (SSSR count). The Bertz CT molecular complexity index is 475. The van der Waals surface area contributed by atoms with Crippen LogP contribution in [-0.4, -0.2) is 38.6 Å². The quantitative estimate of drug-likeness (QED) is 0.473. The van der Waals surface area contributed by atoms with Gasteiger partial charge in [-0.3, -0.25) is 4.57 Å². The summed E-state index contributed by atoms with van der Waals surface area (Å²) in [6.07, 6.45) is -2.12. The van der Waals surface area contributed by atoms with Crippen LogP contribution >= 0.6 is 0 Å². The van der Waals surface area contributed by atoms with Crippen molar-refractivity contribution in [2.75, 3.05) is 18.1 Å². The largest absolute Gasteiger partial charge is 0.394 e. The van der Waals surface area contributed by atoms with Crippen molar-refractivity contribution < 1.29 is 14.9 Å². The highest BCUT2D eigenvalue weighted by molar-refractivity contribution is 5.40. The molecular weight excluding hydrogens is 228 g/mol. The first-order valence-corrected chi connectivity index (χ1v) is 5.12. The zero-order chi connectivity index (χ0) is 12.6. The zero-order valence-electron chi connectivity index (χ0n) is 8.98. The summed E-state index contributed by atoms with van der Waals surface area (Å²) in [6, 6.07) is 1.34. The Hall–Kier alpha value is -1.64. The summed E-state index contributed by atoms with van der Waals surface area (Å²) in [5, 5.41) is 18.5. The van der Waals surface area contributed by atoms with Gasteiger partial charge in [-0.25, -0.2) is 4.79 Å². The van der Waals surface area contributed by atoms with Crippen LogP contribution in [0, 0.1) is 0 Å². The normalized spacial score (nSPS) is 28.5. The summed E-state index contributed by atoms with van der Waals surface area (Å²) in [6.45, 7) is -0.325. The van der Waals surface area contributed by atoms with E-state index in [1.54, 1.807) is 0 Å². The molecule has 1 aromatic heterocycles. The van der Waals surface area contributed by atoms with Crippen LogP contribution in [-0.2, 0) is 4.74 Å². The standard InChI is InChI=1S/C9H14N4O4/c10-6-2-7(11)13(9(16)12-6)8-1-4(15)5(3-14)17-8/h2,4-5,8,14-15H,1,3,11H2,(H2,10,12,16)/t4-,5+,8+/m0/s1. The Morgan fingerprint density at radius 3 is 2.82 bits per heavy atom. The minimum atomic E-state index is -0.839. The van der Waals surface area contributed by atoms with Gasteiger partial charge in [0.25, 0.3) is 0 Å². The highest BCUT2D eigenvalue weighted by Gasteiger charge is 2.35. The molecule has 6 N–H and O–H groups in total. The minimum absolute atomic E-state index is 0.0287. The Morgan fingerprint density at radius 1 is 1.59 bits per heavy atom. The number of ether oxygens (including phenoxy) is 1. The van der Waals surface area contributed by atoms with Gasteiger partial charge in [0.1, 0.15) is 24.0 Å². The Kier molecular flexibility index (Phi) is 3.01. The fourth-order valence-electron chi connectivity index (χ4n) is 1.85.